The van der Waals surface area contributed by atoms with Crippen LogP contribution in [0.1, 0.15) is 17.7 Å². The van der Waals surface area contributed by atoms with E-state index >= 15 is 0 Å². The molecule has 0 atom stereocenters. The summed E-state index contributed by atoms with van der Waals surface area (Å²) in [5.41, 5.74) is 12.7. The number of rotatable bonds is 8. The molecule has 22 heavy (non-hydrogen) atoms. The number of hydrogen-bond donors (Lipinski definition) is 4. The summed E-state index contributed by atoms with van der Waals surface area (Å²) in [4.78, 5) is 18.8. The quantitative estimate of drug-likeness (QED) is 0.423. The average molecular weight is 320 g/mol. The van der Waals surface area contributed by atoms with Crippen molar-refractivity contribution in [3.63, 3.8) is 0 Å². The van der Waals surface area contributed by atoms with E-state index in [1.54, 1.807) is 11.3 Å². The molecule has 0 bridgehead atoms. The van der Waals surface area contributed by atoms with Crippen LogP contribution in [0.25, 0.3) is 0 Å². The molecular formula is C14H20N6OS. The predicted octanol–water partition coefficient (Wildman–Crippen LogP) is 0.697. The summed E-state index contributed by atoms with van der Waals surface area (Å²) in [5, 5.41) is 6.96. The largest absolute Gasteiger partial charge is 0.383 e. The Morgan fingerprint density at radius 2 is 2.41 bits per heavy atom. The molecule has 0 aliphatic rings. The Bertz CT molecular complexity index is 697. The highest BCUT2D eigenvalue weighted by Gasteiger charge is 2.10. The molecule has 0 spiro atoms. The fraction of sp³-hybridized carbons (Fsp3) is 0.286. The van der Waals surface area contributed by atoms with E-state index in [1.807, 2.05) is 16.8 Å². The number of aromatic amines is 1. The number of nitrogens with zero attached hydrogens (tertiary/aromatic N) is 2. The number of aromatic nitrogens is 2. The van der Waals surface area contributed by atoms with E-state index in [9.17, 15) is 4.79 Å². The Morgan fingerprint density at radius 1 is 1.59 bits per heavy atom. The summed E-state index contributed by atoms with van der Waals surface area (Å²) in [7, 11) is 0. The highest BCUT2D eigenvalue weighted by atomic mass is 32.1. The van der Waals surface area contributed by atoms with Gasteiger partial charge >= 0.3 is 5.69 Å². The first-order chi connectivity index (χ1) is 10.6. The third-order valence-corrected chi connectivity index (χ3v) is 3.77. The molecule has 0 amide bonds. The van der Waals surface area contributed by atoms with E-state index < -0.39 is 0 Å². The van der Waals surface area contributed by atoms with Gasteiger partial charge in [0, 0.05) is 6.54 Å². The van der Waals surface area contributed by atoms with Crippen molar-refractivity contribution < 1.29 is 0 Å². The fourth-order valence-electron chi connectivity index (χ4n) is 1.84. The first-order valence-corrected chi connectivity index (χ1v) is 7.82. The molecule has 2 heterocycles. The number of nitrogens with one attached hydrogen (secondary N) is 2. The number of aliphatic imine (C=N–C) groups is 1. The molecule has 0 fully saturated rings. The summed E-state index contributed by atoms with van der Waals surface area (Å²) in [6, 6.07) is 1.96. The molecule has 8 heteroatoms. The van der Waals surface area contributed by atoms with Gasteiger partial charge < -0.3 is 21.8 Å². The lowest BCUT2D eigenvalue weighted by Gasteiger charge is -2.03. The summed E-state index contributed by atoms with van der Waals surface area (Å²) < 4.78 is 1.48. The minimum absolute atomic E-state index is 0.258. The molecule has 0 saturated heterocycles. The maximum atomic E-state index is 12.0. The van der Waals surface area contributed by atoms with Gasteiger partial charge in [-0.15, -0.1) is 0 Å². The molecule has 2 aromatic heterocycles. The van der Waals surface area contributed by atoms with Gasteiger partial charge in [0.1, 0.15) is 17.3 Å². The van der Waals surface area contributed by atoms with Crippen molar-refractivity contribution in [3.05, 3.63) is 51.0 Å². The maximum Gasteiger partial charge on any atom is 0.327 e. The molecule has 6 N–H and O–H groups in total. The summed E-state index contributed by atoms with van der Waals surface area (Å²) in [5.74, 6) is 0.856. The third kappa shape index (κ3) is 4.09. The van der Waals surface area contributed by atoms with Crippen LogP contribution >= 0.6 is 11.3 Å². The van der Waals surface area contributed by atoms with Gasteiger partial charge in [0.2, 0.25) is 0 Å². The number of nitrogen functional groups attached to an aromatic ring is 1. The van der Waals surface area contributed by atoms with E-state index in [2.05, 4.69) is 21.9 Å². The zero-order valence-corrected chi connectivity index (χ0v) is 13.0. The van der Waals surface area contributed by atoms with Gasteiger partial charge in [-0.3, -0.25) is 4.57 Å². The molecule has 2 aromatic rings. The van der Waals surface area contributed by atoms with E-state index in [1.165, 1.54) is 10.8 Å². The Labute approximate surface area is 132 Å². The monoisotopic (exact) mass is 320 g/mol. The molecule has 0 unspecified atom stereocenters. The van der Waals surface area contributed by atoms with Gasteiger partial charge in [0.05, 0.1) is 12.8 Å². The molecule has 0 aliphatic carbocycles. The number of H-pyrrole nitrogens is 1. The van der Waals surface area contributed by atoms with Gasteiger partial charge in [0.15, 0.2) is 0 Å². The van der Waals surface area contributed by atoms with Crippen LogP contribution in [0.2, 0.25) is 0 Å². The van der Waals surface area contributed by atoms with Crippen molar-refractivity contribution in [3.8, 4) is 0 Å². The molecule has 7 nitrogen and oxygen atoms in total. The number of nitrogens with two attached hydrogens (primary N) is 2. The van der Waals surface area contributed by atoms with Gasteiger partial charge in [-0.1, -0.05) is 6.58 Å². The number of imidazole rings is 1. The van der Waals surface area contributed by atoms with Crippen molar-refractivity contribution in [1.29, 1.82) is 0 Å². The topological polar surface area (TPSA) is 114 Å². The molecule has 0 aliphatic heterocycles. The second kappa shape index (κ2) is 7.62. The first-order valence-electron chi connectivity index (χ1n) is 6.88. The summed E-state index contributed by atoms with van der Waals surface area (Å²) in [6.45, 7) is 5.52. The van der Waals surface area contributed by atoms with E-state index in [0.717, 1.165) is 12.0 Å². The maximum absolute atomic E-state index is 12.0. The second-order valence-corrected chi connectivity index (χ2v) is 5.50. The van der Waals surface area contributed by atoms with Crippen molar-refractivity contribution in [2.75, 3.05) is 18.8 Å². The predicted molar refractivity (Wildman–Crippen MR) is 91.3 cm³/mol. The number of thiophene rings is 1. The Hall–Kier alpha value is -2.32. The second-order valence-electron chi connectivity index (χ2n) is 4.72. The van der Waals surface area contributed by atoms with Gasteiger partial charge in [0.25, 0.3) is 0 Å². The highest BCUT2D eigenvalue weighted by Crippen LogP contribution is 2.11. The van der Waals surface area contributed by atoms with Crippen molar-refractivity contribution in [2.24, 2.45) is 10.7 Å². The average Bonchev–Trinajstić information content (AvgIpc) is 3.09. The highest BCUT2D eigenvalue weighted by molar-refractivity contribution is 7.07. The van der Waals surface area contributed by atoms with Gasteiger partial charge in [-0.05, 0) is 35.4 Å². The van der Waals surface area contributed by atoms with Crippen LogP contribution in [0.4, 0.5) is 5.82 Å². The Kier molecular flexibility index (Phi) is 5.56. The van der Waals surface area contributed by atoms with Crippen molar-refractivity contribution >= 4 is 23.4 Å². The van der Waals surface area contributed by atoms with Crippen LogP contribution in [0.5, 0.6) is 0 Å². The van der Waals surface area contributed by atoms with E-state index in [-0.39, 0.29) is 5.69 Å². The summed E-state index contributed by atoms with van der Waals surface area (Å²) in [6.07, 6.45) is 2.34. The molecule has 0 aromatic carbocycles. The zero-order chi connectivity index (χ0) is 15.9. The van der Waals surface area contributed by atoms with Crippen molar-refractivity contribution in [2.45, 2.75) is 13.0 Å². The minimum Gasteiger partial charge on any atom is -0.383 e. The van der Waals surface area contributed by atoms with Crippen LogP contribution in [0, 0.1) is 0 Å². The molecule has 0 radical (unpaired) electrons. The Balaban J connectivity index is 2.06. The third-order valence-electron chi connectivity index (χ3n) is 3.03. The molecular weight excluding hydrogens is 300 g/mol. The summed E-state index contributed by atoms with van der Waals surface area (Å²) >= 11 is 1.58. The van der Waals surface area contributed by atoms with Gasteiger partial charge in [-0.2, -0.15) is 11.3 Å². The van der Waals surface area contributed by atoms with Crippen LogP contribution in [0.15, 0.2) is 39.0 Å². The number of anilines is 1. The number of hydrogen-bond acceptors (Lipinski definition) is 6. The molecule has 0 saturated carbocycles. The van der Waals surface area contributed by atoms with Crippen molar-refractivity contribution in [1.82, 2.24) is 14.9 Å². The van der Waals surface area contributed by atoms with Crippen LogP contribution < -0.4 is 22.5 Å². The van der Waals surface area contributed by atoms with Crippen LogP contribution in [-0.4, -0.2) is 28.9 Å². The van der Waals surface area contributed by atoms with Crippen LogP contribution in [-0.2, 0) is 6.54 Å². The normalized spacial score (nSPS) is 11.1. The fourth-order valence-corrected chi connectivity index (χ4v) is 2.50. The zero-order valence-electron chi connectivity index (χ0n) is 12.2. The van der Waals surface area contributed by atoms with Crippen LogP contribution in [0.3, 0.4) is 0 Å². The molecule has 118 valence electrons. The SMILES string of the molecule is C=C(/N=C\c1[nH]c(=O)n(Cc2ccsc2)c1N)NCCCN. The van der Waals surface area contributed by atoms with E-state index in [4.69, 9.17) is 11.5 Å². The lowest BCUT2D eigenvalue weighted by atomic mass is 10.3. The Morgan fingerprint density at radius 3 is 3.09 bits per heavy atom. The van der Waals surface area contributed by atoms with Gasteiger partial charge in [-0.25, -0.2) is 9.79 Å². The first kappa shape index (κ1) is 16.1. The molecule has 2 rings (SSSR count). The minimum atomic E-state index is -0.258. The smallest absolute Gasteiger partial charge is 0.327 e. The lowest BCUT2D eigenvalue weighted by Crippen LogP contribution is -2.18. The standard InChI is InChI=1S/C14H20N6OS/c1-10(17-5-2-4-15)18-7-12-13(16)20(14(21)19-12)8-11-3-6-22-9-11/h3,6-7,9,17H,1-2,4-5,8,15-16H2,(H,19,21)/b18-7-. The lowest BCUT2D eigenvalue weighted by molar-refractivity contribution is 0.729. The van der Waals surface area contributed by atoms with E-state index in [0.29, 0.717) is 37.0 Å².